The van der Waals surface area contributed by atoms with Crippen LogP contribution in [0.1, 0.15) is 23.6 Å². The molecule has 0 saturated carbocycles. The highest BCUT2D eigenvalue weighted by atomic mass is 35.5. The van der Waals surface area contributed by atoms with Gasteiger partial charge in [-0.2, -0.15) is 0 Å². The minimum absolute atomic E-state index is 0. The van der Waals surface area contributed by atoms with Gasteiger partial charge in [0, 0.05) is 37.8 Å². The molecule has 2 rings (SSSR count). The fourth-order valence-corrected chi connectivity index (χ4v) is 2.54. The number of benzene rings is 1. The monoisotopic (exact) mass is 284 g/mol. The van der Waals surface area contributed by atoms with E-state index in [4.69, 9.17) is 0 Å². The first kappa shape index (κ1) is 16.2. The minimum Gasteiger partial charge on any atom is -0.314 e. The third-order valence-corrected chi connectivity index (χ3v) is 3.49. The summed E-state index contributed by atoms with van der Waals surface area (Å²) in [4.78, 5) is 2.34. The molecule has 1 aromatic rings. The van der Waals surface area contributed by atoms with Crippen molar-refractivity contribution in [3.05, 3.63) is 47.8 Å². The lowest BCUT2D eigenvalue weighted by molar-refractivity contribution is 0.171. The van der Waals surface area contributed by atoms with Crippen molar-refractivity contribution >= 4 is 12.4 Å². The second kappa shape index (κ2) is 7.63. The van der Waals surface area contributed by atoms with Crippen molar-refractivity contribution in [1.82, 2.24) is 10.2 Å². The number of nitrogens with one attached hydrogen (secondary N) is 1. The lowest BCUT2D eigenvalue weighted by Gasteiger charge is -2.35. The van der Waals surface area contributed by atoms with Crippen LogP contribution in [-0.4, -0.2) is 31.1 Å². The summed E-state index contributed by atoms with van der Waals surface area (Å²) >= 11 is 0. The summed E-state index contributed by atoms with van der Waals surface area (Å²) in [7, 11) is 0. The maximum Gasteiger partial charge on any atom is 0.128 e. The SMILES string of the molecule is C=CC[C@H](c1cc(C)ccc1F)N1CCNCC1.Cl. The second-order valence-corrected chi connectivity index (χ2v) is 4.85. The van der Waals surface area contributed by atoms with E-state index in [0.717, 1.165) is 43.7 Å². The van der Waals surface area contributed by atoms with Crippen LogP contribution in [-0.2, 0) is 0 Å². The van der Waals surface area contributed by atoms with Crippen molar-refractivity contribution in [1.29, 1.82) is 0 Å². The number of hydrogen-bond donors (Lipinski definition) is 1. The van der Waals surface area contributed by atoms with Gasteiger partial charge in [0.1, 0.15) is 5.82 Å². The Morgan fingerprint density at radius 3 is 2.74 bits per heavy atom. The van der Waals surface area contributed by atoms with Crippen molar-refractivity contribution in [2.24, 2.45) is 0 Å². The molecule has 1 N–H and O–H groups in total. The fraction of sp³-hybridized carbons (Fsp3) is 0.467. The number of hydrogen-bond acceptors (Lipinski definition) is 2. The summed E-state index contributed by atoms with van der Waals surface area (Å²) in [5, 5.41) is 3.33. The molecule has 4 heteroatoms. The van der Waals surface area contributed by atoms with Crippen LogP contribution in [0.25, 0.3) is 0 Å². The normalized spacial score (nSPS) is 17.6. The highest BCUT2D eigenvalue weighted by Gasteiger charge is 2.23. The van der Waals surface area contributed by atoms with Crippen molar-refractivity contribution in [3.63, 3.8) is 0 Å². The summed E-state index contributed by atoms with van der Waals surface area (Å²) in [5.41, 5.74) is 1.91. The van der Waals surface area contributed by atoms with Crippen LogP contribution in [0.2, 0.25) is 0 Å². The van der Waals surface area contributed by atoms with Crippen molar-refractivity contribution in [3.8, 4) is 0 Å². The maximum absolute atomic E-state index is 14.0. The van der Waals surface area contributed by atoms with Gasteiger partial charge >= 0.3 is 0 Å². The van der Waals surface area contributed by atoms with Crippen LogP contribution in [0, 0.1) is 12.7 Å². The topological polar surface area (TPSA) is 15.3 Å². The molecule has 1 aliphatic heterocycles. The third-order valence-electron chi connectivity index (χ3n) is 3.49. The Hall–Kier alpha value is -0.900. The molecule has 1 fully saturated rings. The Labute approximate surface area is 121 Å². The number of halogens is 2. The Kier molecular flexibility index (Phi) is 6.49. The molecular weight excluding hydrogens is 263 g/mol. The van der Waals surface area contributed by atoms with Crippen LogP contribution >= 0.6 is 12.4 Å². The van der Waals surface area contributed by atoms with Gasteiger partial charge in [0.05, 0.1) is 0 Å². The Balaban J connectivity index is 0.00000180. The largest absolute Gasteiger partial charge is 0.314 e. The highest BCUT2D eigenvalue weighted by molar-refractivity contribution is 5.85. The van der Waals surface area contributed by atoms with Gasteiger partial charge in [-0.25, -0.2) is 4.39 Å². The summed E-state index contributed by atoms with van der Waals surface area (Å²) in [6.07, 6.45) is 2.68. The van der Waals surface area contributed by atoms with Gasteiger partial charge in [-0.3, -0.25) is 4.90 Å². The molecule has 106 valence electrons. The molecule has 0 bridgehead atoms. The van der Waals surface area contributed by atoms with Crippen molar-refractivity contribution < 1.29 is 4.39 Å². The van der Waals surface area contributed by atoms with E-state index in [9.17, 15) is 4.39 Å². The zero-order valence-electron chi connectivity index (χ0n) is 11.4. The van der Waals surface area contributed by atoms with Crippen LogP contribution in [0.5, 0.6) is 0 Å². The molecule has 1 saturated heterocycles. The van der Waals surface area contributed by atoms with Crippen LogP contribution in [0.4, 0.5) is 4.39 Å². The van der Waals surface area contributed by atoms with Gasteiger partial charge in [-0.1, -0.05) is 23.8 Å². The maximum atomic E-state index is 14.0. The van der Waals surface area contributed by atoms with Crippen molar-refractivity contribution in [2.45, 2.75) is 19.4 Å². The summed E-state index contributed by atoms with van der Waals surface area (Å²) in [5.74, 6) is -0.106. The summed E-state index contributed by atoms with van der Waals surface area (Å²) < 4.78 is 14.0. The molecule has 1 heterocycles. The molecule has 0 aromatic heterocycles. The molecular formula is C15H22ClFN2. The predicted octanol–water partition coefficient (Wildman–Crippen LogP) is 3.08. The zero-order valence-corrected chi connectivity index (χ0v) is 12.2. The van der Waals surface area contributed by atoms with Crippen LogP contribution < -0.4 is 5.32 Å². The molecule has 1 aliphatic rings. The van der Waals surface area contributed by atoms with E-state index < -0.39 is 0 Å². The summed E-state index contributed by atoms with van der Waals surface area (Å²) in [6, 6.07) is 5.47. The van der Waals surface area contributed by atoms with E-state index >= 15 is 0 Å². The van der Waals surface area contributed by atoms with E-state index in [1.807, 2.05) is 25.1 Å². The molecule has 1 atom stereocenters. The third kappa shape index (κ3) is 4.03. The first-order valence-corrected chi connectivity index (χ1v) is 6.54. The highest BCUT2D eigenvalue weighted by Crippen LogP contribution is 2.28. The lowest BCUT2D eigenvalue weighted by atomic mass is 9.98. The molecule has 0 unspecified atom stereocenters. The van der Waals surface area contributed by atoms with E-state index in [0.29, 0.717) is 0 Å². The molecule has 0 amide bonds. The Morgan fingerprint density at radius 1 is 1.42 bits per heavy atom. The predicted molar refractivity (Wildman–Crippen MR) is 80.4 cm³/mol. The van der Waals surface area contributed by atoms with E-state index in [-0.39, 0.29) is 24.3 Å². The molecule has 2 nitrogen and oxygen atoms in total. The number of piperazine rings is 1. The van der Waals surface area contributed by atoms with E-state index in [2.05, 4.69) is 16.8 Å². The molecule has 0 spiro atoms. The van der Waals surface area contributed by atoms with Crippen molar-refractivity contribution in [2.75, 3.05) is 26.2 Å². The van der Waals surface area contributed by atoms with Gasteiger partial charge < -0.3 is 5.32 Å². The van der Waals surface area contributed by atoms with E-state index in [1.54, 1.807) is 6.07 Å². The Morgan fingerprint density at radius 2 is 2.11 bits per heavy atom. The average Bonchev–Trinajstić information content (AvgIpc) is 2.40. The minimum atomic E-state index is -0.106. The summed E-state index contributed by atoms with van der Waals surface area (Å²) in [6.45, 7) is 9.69. The van der Waals surface area contributed by atoms with Gasteiger partial charge in [0.25, 0.3) is 0 Å². The number of aryl methyl sites for hydroxylation is 1. The van der Waals surface area contributed by atoms with Crippen LogP contribution in [0.3, 0.4) is 0 Å². The van der Waals surface area contributed by atoms with E-state index in [1.165, 1.54) is 0 Å². The molecule has 0 radical (unpaired) electrons. The standard InChI is InChI=1S/C15H21FN2.ClH/c1-3-4-15(18-9-7-17-8-10-18)13-11-12(2)5-6-14(13)16;/h3,5-6,11,15,17H,1,4,7-10H2,2H3;1H/t15-;/m1./s1. The average molecular weight is 285 g/mol. The van der Waals surface area contributed by atoms with Crippen LogP contribution in [0.15, 0.2) is 30.9 Å². The van der Waals surface area contributed by atoms with Gasteiger partial charge in [0.2, 0.25) is 0 Å². The zero-order chi connectivity index (χ0) is 13.0. The fourth-order valence-electron chi connectivity index (χ4n) is 2.54. The second-order valence-electron chi connectivity index (χ2n) is 4.85. The van der Waals surface area contributed by atoms with Gasteiger partial charge in [0.15, 0.2) is 0 Å². The van der Waals surface area contributed by atoms with Gasteiger partial charge in [-0.05, 0) is 19.4 Å². The first-order chi connectivity index (χ1) is 8.72. The Bertz CT molecular complexity index is 417. The molecule has 0 aliphatic carbocycles. The quantitative estimate of drug-likeness (QED) is 0.855. The molecule has 1 aromatic carbocycles. The number of rotatable bonds is 4. The van der Waals surface area contributed by atoms with Gasteiger partial charge in [-0.15, -0.1) is 19.0 Å². The number of nitrogens with zero attached hydrogens (tertiary/aromatic N) is 1. The molecule has 19 heavy (non-hydrogen) atoms. The smallest absolute Gasteiger partial charge is 0.128 e. The first-order valence-electron chi connectivity index (χ1n) is 6.54. The lowest BCUT2D eigenvalue weighted by Crippen LogP contribution is -2.45.